The van der Waals surface area contributed by atoms with Gasteiger partial charge in [0.15, 0.2) is 0 Å². The summed E-state index contributed by atoms with van der Waals surface area (Å²) in [6.07, 6.45) is 2.02. The molecule has 1 aromatic carbocycles. The van der Waals surface area contributed by atoms with Crippen LogP contribution in [0, 0.1) is 11.2 Å². The van der Waals surface area contributed by atoms with Crippen LogP contribution in [0.4, 0.5) is 4.39 Å². The summed E-state index contributed by atoms with van der Waals surface area (Å²) < 4.78 is 18.6. The lowest BCUT2D eigenvalue weighted by Crippen LogP contribution is -2.34. The Labute approximate surface area is 105 Å². The van der Waals surface area contributed by atoms with Crippen LogP contribution >= 0.6 is 0 Å². The molecule has 0 bridgehead atoms. The molecule has 1 aliphatic carbocycles. The van der Waals surface area contributed by atoms with Gasteiger partial charge in [-0.25, -0.2) is 4.39 Å². The molecule has 5 heteroatoms. The summed E-state index contributed by atoms with van der Waals surface area (Å²) in [5.41, 5.74) is 5.60. The Balaban J connectivity index is 2.09. The molecule has 0 radical (unpaired) electrons. The van der Waals surface area contributed by atoms with E-state index in [2.05, 4.69) is 5.32 Å². The molecule has 3 N–H and O–H groups in total. The number of nitrogens with one attached hydrogen (secondary N) is 1. The molecule has 4 nitrogen and oxygen atoms in total. The normalized spacial score (nSPS) is 16.2. The largest absolute Gasteiger partial charge is 0.496 e. The molecular weight excluding hydrogens is 235 g/mol. The Kier molecular flexibility index (Phi) is 3.52. The molecule has 98 valence electrons. The molecule has 1 amide bonds. The van der Waals surface area contributed by atoms with Gasteiger partial charge in [-0.1, -0.05) is 6.07 Å². The van der Waals surface area contributed by atoms with Crippen LogP contribution in [-0.4, -0.2) is 26.1 Å². The fourth-order valence-corrected chi connectivity index (χ4v) is 1.88. The van der Waals surface area contributed by atoms with Crippen LogP contribution in [0.1, 0.15) is 23.2 Å². The predicted molar refractivity (Wildman–Crippen MR) is 66.0 cm³/mol. The first-order chi connectivity index (χ1) is 8.62. The van der Waals surface area contributed by atoms with Gasteiger partial charge in [0.1, 0.15) is 17.1 Å². The number of carbonyl (C=O) groups excluding carboxylic acids is 1. The Morgan fingerprint density at radius 3 is 2.83 bits per heavy atom. The molecule has 0 aliphatic heterocycles. The molecule has 0 saturated heterocycles. The molecule has 1 fully saturated rings. The van der Waals surface area contributed by atoms with Gasteiger partial charge in [0.05, 0.1) is 7.11 Å². The first kappa shape index (κ1) is 12.8. The number of rotatable bonds is 5. The van der Waals surface area contributed by atoms with Crippen molar-refractivity contribution in [1.29, 1.82) is 0 Å². The van der Waals surface area contributed by atoms with Crippen molar-refractivity contribution in [2.75, 3.05) is 20.2 Å². The van der Waals surface area contributed by atoms with Crippen molar-refractivity contribution < 1.29 is 13.9 Å². The highest BCUT2D eigenvalue weighted by Crippen LogP contribution is 2.43. The second kappa shape index (κ2) is 4.94. The number of methoxy groups -OCH3 is 1. The van der Waals surface area contributed by atoms with Crippen LogP contribution in [0.15, 0.2) is 18.2 Å². The van der Waals surface area contributed by atoms with Gasteiger partial charge in [-0.2, -0.15) is 0 Å². The minimum absolute atomic E-state index is 0.0220. The molecular formula is C13H17FN2O2. The second-order valence-corrected chi connectivity index (χ2v) is 4.70. The highest BCUT2D eigenvalue weighted by Gasteiger charge is 2.41. The first-order valence-electron chi connectivity index (χ1n) is 5.93. The zero-order valence-corrected chi connectivity index (χ0v) is 10.3. The molecule has 1 saturated carbocycles. The third kappa shape index (κ3) is 2.46. The Morgan fingerprint density at radius 2 is 2.28 bits per heavy atom. The van der Waals surface area contributed by atoms with Crippen LogP contribution in [0.5, 0.6) is 5.75 Å². The lowest BCUT2D eigenvalue weighted by Gasteiger charge is -2.14. The predicted octanol–water partition coefficient (Wildman–Crippen LogP) is 1.30. The van der Waals surface area contributed by atoms with Crippen LogP contribution in [-0.2, 0) is 0 Å². The average molecular weight is 252 g/mol. The minimum atomic E-state index is -0.579. The fraction of sp³-hybridized carbons (Fsp3) is 0.462. The summed E-state index contributed by atoms with van der Waals surface area (Å²) in [6.45, 7) is 1.03. The van der Waals surface area contributed by atoms with E-state index in [1.165, 1.54) is 19.2 Å². The maximum absolute atomic E-state index is 13.6. The summed E-state index contributed by atoms with van der Waals surface area (Å²) in [4.78, 5) is 12.0. The Bertz CT molecular complexity index is 458. The average Bonchev–Trinajstić information content (AvgIpc) is 3.16. The Morgan fingerprint density at radius 1 is 1.56 bits per heavy atom. The summed E-state index contributed by atoms with van der Waals surface area (Å²) in [6, 6.07) is 4.31. The third-order valence-corrected chi connectivity index (χ3v) is 3.44. The van der Waals surface area contributed by atoms with E-state index in [0.29, 0.717) is 13.1 Å². The zero-order chi connectivity index (χ0) is 13.2. The van der Waals surface area contributed by atoms with Crippen LogP contribution < -0.4 is 15.8 Å². The molecule has 0 aromatic heterocycles. The zero-order valence-electron chi connectivity index (χ0n) is 10.3. The maximum atomic E-state index is 13.6. The summed E-state index contributed by atoms with van der Waals surface area (Å²) in [5.74, 6) is -0.792. The smallest absolute Gasteiger partial charge is 0.258 e. The number of nitrogens with two attached hydrogens (primary N) is 1. The van der Waals surface area contributed by atoms with E-state index in [1.54, 1.807) is 6.07 Å². The molecule has 1 aromatic rings. The van der Waals surface area contributed by atoms with Gasteiger partial charge >= 0.3 is 0 Å². The molecule has 1 aliphatic rings. The van der Waals surface area contributed by atoms with E-state index >= 15 is 0 Å². The molecule has 0 spiro atoms. The van der Waals surface area contributed by atoms with E-state index in [4.69, 9.17) is 10.5 Å². The number of amides is 1. The third-order valence-electron chi connectivity index (χ3n) is 3.44. The van der Waals surface area contributed by atoms with Crippen molar-refractivity contribution in [1.82, 2.24) is 5.32 Å². The number of halogens is 1. The van der Waals surface area contributed by atoms with Crippen LogP contribution in [0.3, 0.4) is 0 Å². The van der Waals surface area contributed by atoms with E-state index in [9.17, 15) is 9.18 Å². The van der Waals surface area contributed by atoms with Crippen LogP contribution in [0.2, 0.25) is 0 Å². The number of carbonyl (C=O) groups is 1. The van der Waals surface area contributed by atoms with Gasteiger partial charge in [-0.3, -0.25) is 4.79 Å². The van der Waals surface area contributed by atoms with E-state index in [0.717, 1.165) is 12.8 Å². The van der Waals surface area contributed by atoms with Crippen molar-refractivity contribution in [3.8, 4) is 5.75 Å². The van der Waals surface area contributed by atoms with Gasteiger partial charge in [0.25, 0.3) is 5.91 Å². The summed E-state index contributed by atoms with van der Waals surface area (Å²) in [7, 11) is 1.41. The van der Waals surface area contributed by atoms with Gasteiger partial charge < -0.3 is 15.8 Å². The highest BCUT2D eigenvalue weighted by molar-refractivity contribution is 5.97. The number of hydrogen-bond acceptors (Lipinski definition) is 3. The van der Waals surface area contributed by atoms with Gasteiger partial charge in [0.2, 0.25) is 0 Å². The maximum Gasteiger partial charge on any atom is 0.258 e. The number of benzene rings is 1. The quantitative estimate of drug-likeness (QED) is 0.830. The summed E-state index contributed by atoms with van der Waals surface area (Å²) >= 11 is 0. The van der Waals surface area contributed by atoms with Crippen molar-refractivity contribution in [2.24, 2.45) is 11.1 Å². The first-order valence-corrected chi connectivity index (χ1v) is 5.93. The van der Waals surface area contributed by atoms with Gasteiger partial charge in [0, 0.05) is 12.0 Å². The van der Waals surface area contributed by atoms with E-state index in [1.807, 2.05) is 0 Å². The Hall–Kier alpha value is -1.62. The topological polar surface area (TPSA) is 64.3 Å². The standard InChI is InChI=1S/C13H17FN2O2/c1-18-10-4-2-3-9(14)11(10)12(17)16-8-13(7-15)5-6-13/h2-4H,5-8,15H2,1H3,(H,16,17). The lowest BCUT2D eigenvalue weighted by atomic mass is 10.1. The van der Waals surface area contributed by atoms with E-state index < -0.39 is 11.7 Å². The van der Waals surface area contributed by atoms with Crippen molar-refractivity contribution in [2.45, 2.75) is 12.8 Å². The minimum Gasteiger partial charge on any atom is -0.496 e. The fourth-order valence-electron chi connectivity index (χ4n) is 1.88. The molecule has 2 rings (SSSR count). The monoisotopic (exact) mass is 252 g/mol. The van der Waals surface area contributed by atoms with E-state index in [-0.39, 0.29) is 16.7 Å². The SMILES string of the molecule is COc1cccc(F)c1C(=O)NCC1(CN)CC1. The number of ether oxygens (including phenoxy) is 1. The highest BCUT2D eigenvalue weighted by atomic mass is 19.1. The molecule has 0 unspecified atom stereocenters. The summed E-state index contributed by atoms with van der Waals surface area (Å²) in [5, 5.41) is 2.73. The van der Waals surface area contributed by atoms with Crippen LogP contribution in [0.25, 0.3) is 0 Å². The molecule has 0 atom stereocenters. The van der Waals surface area contributed by atoms with Crippen molar-refractivity contribution >= 4 is 5.91 Å². The van der Waals surface area contributed by atoms with Crippen molar-refractivity contribution in [3.05, 3.63) is 29.6 Å². The molecule has 0 heterocycles. The second-order valence-electron chi connectivity index (χ2n) is 4.70. The van der Waals surface area contributed by atoms with Gasteiger partial charge in [-0.05, 0) is 31.5 Å². The van der Waals surface area contributed by atoms with Crippen molar-refractivity contribution in [3.63, 3.8) is 0 Å². The number of hydrogen-bond donors (Lipinski definition) is 2. The van der Waals surface area contributed by atoms with Gasteiger partial charge in [-0.15, -0.1) is 0 Å². The molecule has 18 heavy (non-hydrogen) atoms. The lowest BCUT2D eigenvalue weighted by molar-refractivity contribution is 0.0938.